The smallest absolute Gasteiger partial charge is 0.160 e. The number of imidazole rings is 1. The second kappa shape index (κ2) is 7.27. The first-order valence-electron chi connectivity index (χ1n) is 7.79. The molecule has 0 N–H and O–H groups in total. The van der Waals surface area contributed by atoms with Crippen molar-refractivity contribution in [1.82, 2.24) is 14.5 Å². The van der Waals surface area contributed by atoms with Gasteiger partial charge >= 0.3 is 0 Å². The van der Waals surface area contributed by atoms with Crippen LogP contribution in [0.1, 0.15) is 31.5 Å². The highest BCUT2D eigenvalue weighted by molar-refractivity contribution is 7.99. The average molecular weight is 305 g/mol. The molecule has 3 rings (SSSR count). The van der Waals surface area contributed by atoms with Crippen LogP contribution in [0.25, 0.3) is 11.2 Å². The predicted molar refractivity (Wildman–Crippen MR) is 87.8 cm³/mol. The lowest BCUT2D eigenvalue weighted by Gasteiger charge is -2.22. The van der Waals surface area contributed by atoms with E-state index in [0.717, 1.165) is 43.0 Å². The van der Waals surface area contributed by atoms with Gasteiger partial charge < -0.3 is 9.30 Å². The second-order valence-electron chi connectivity index (χ2n) is 5.57. The van der Waals surface area contributed by atoms with Gasteiger partial charge in [0.25, 0.3) is 0 Å². The lowest BCUT2D eigenvalue weighted by molar-refractivity contribution is 0.194. The van der Waals surface area contributed by atoms with E-state index in [2.05, 4.69) is 27.4 Å². The number of aryl methyl sites for hydroxylation is 1. The summed E-state index contributed by atoms with van der Waals surface area (Å²) in [5.74, 6) is 2.45. The van der Waals surface area contributed by atoms with Crippen molar-refractivity contribution in [3.8, 4) is 0 Å². The molecule has 1 aliphatic rings. The highest BCUT2D eigenvalue weighted by Gasteiger charge is 2.18. The van der Waals surface area contributed by atoms with Gasteiger partial charge in [-0.05, 0) is 37.1 Å². The Hall–Kier alpha value is -1.07. The number of methoxy groups -OCH3 is 1. The molecule has 0 radical (unpaired) electrons. The molecule has 1 aliphatic heterocycles. The summed E-state index contributed by atoms with van der Waals surface area (Å²) in [6, 6.07) is 4.03. The third kappa shape index (κ3) is 3.58. The predicted octanol–water partition coefficient (Wildman–Crippen LogP) is 3.30. The topological polar surface area (TPSA) is 39.9 Å². The average Bonchev–Trinajstić information content (AvgIpc) is 2.87. The molecule has 3 heterocycles. The van der Waals surface area contributed by atoms with E-state index in [9.17, 15) is 0 Å². The molecule has 4 nitrogen and oxygen atoms in total. The first kappa shape index (κ1) is 14.9. The minimum Gasteiger partial charge on any atom is -0.385 e. The monoisotopic (exact) mass is 305 g/mol. The Morgan fingerprint density at radius 3 is 3.19 bits per heavy atom. The standard InChI is InChI=1S/C16H23N3OS/c1-20-10-5-8-15-18-14-7-4-9-17-16(14)19(15)12-13-6-2-3-11-21-13/h4,7,9,13H,2-3,5-6,8,10-12H2,1H3. The summed E-state index contributed by atoms with van der Waals surface area (Å²) in [6.07, 6.45) is 7.88. The Balaban J connectivity index is 1.83. The zero-order valence-corrected chi connectivity index (χ0v) is 13.4. The van der Waals surface area contributed by atoms with Crippen molar-refractivity contribution < 1.29 is 4.74 Å². The number of nitrogens with zero attached hydrogens (tertiary/aromatic N) is 3. The van der Waals surface area contributed by atoms with Gasteiger partial charge in [0.05, 0.1) is 0 Å². The zero-order valence-electron chi connectivity index (χ0n) is 12.6. The summed E-state index contributed by atoms with van der Waals surface area (Å²) in [6.45, 7) is 1.83. The molecule has 1 saturated heterocycles. The van der Waals surface area contributed by atoms with Crippen LogP contribution in [-0.2, 0) is 17.7 Å². The van der Waals surface area contributed by atoms with E-state index >= 15 is 0 Å². The van der Waals surface area contributed by atoms with Crippen LogP contribution in [0.2, 0.25) is 0 Å². The van der Waals surface area contributed by atoms with Crippen molar-refractivity contribution >= 4 is 22.9 Å². The largest absolute Gasteiger partial charge is 0.385 e. The Morgan fingerprint density at radius 2 is 2.38 bits per heavy atom. The van der Waals surface area contributed by atoms with E-state index < -0.39 is 0 Å². The van der Waals surface area contributed by atoms with Gasteiger partial charge in [-0.2, -0.15) is 11.8 Å². The second-order valence-corrected chi connectivity index (χ2v) is 6.98. The molecule has 0 saturated carbocycles. The molecular formula is C16H23N3OS. The lowest BCUT2D eigenvalue weighted by atomic mass is 10.2. The maximum atomic E-state index is 5.17. The Labute approximate surface area is 130 Å². The van der Waals surface area contributed by atoms with Gasteiger partial charge in [0, 0.05) is 38.1 Å². The fourth-order valence-corrected chi connectivity index (χ4v) is 4.21. The molecule has 1 unspecified atom stereocenters. The van der Waals surface area contributed by atoms with Crippen LogP contribution < -0.4 is 0 Å². The van der Waals surface area contributed by atoms with Crippen molar-refractivity contribution in [2.24, 2.45) is 0 Å². The molecule has 21 heavy (non-hydrogen) atoms. The lowest BCUT2D eigenvalue weighted by Crippen LogP contribution is -2.19. The molecule has 5 heteroatoms. The van der Waals surface area contributed by atoms with E-state index in [1.54, 1.807) is 7.11 Å². The van der Waals surface area contributed by atoms with Crippen molar-refractivity contribution in [1.29, 1.82) is 0 Å². The first-order chi connectivity index (χ1) is 10.4. The zero-order chi connectivity index (χ0) is 14.5. The highest BCUT2D eigenvalue weighted by atomic mass is 32.2. The Bertz CT molecular complexity index is 578. The van der Waals surface area contributed by atoms with E-state index in [4.69, 9.17) is 9.72 Å². The molecule has 0 aromatic carbocycles. The quantitative estimate of drug-likeness (QED) is 0.768. The normalized spacial score (nSPS) is 19.2. The molecule has 0 bridgehead atoms. The number of aromatic nitrogens is 3. The molecule has 2 aromatic rings. The number of thioether (sulfide) groups is 1. The van der Waals surface area contributed by atoms with Gasteiger partial charge in [-0.1, -0.05) is 6.42 Å². The molecule has 1 atom stereocenters. The van der Waals surface area contributed by atoms with Gasteiger partial charge in [-0.25, -0.2) is 9.97 Å². The van der Waals surface area contributed by atoms with Crippen LogP contribution in [0, 0.1) is 0 Å². The SMILES string of the molecule is COCCCc1nc2cccnc2n1CC1CCCCS1. The summed E-state index contributed by atoms with van der Waals surface area (Å²) in [5.41, 5.74) is 2.06. The van der Waals surface area contributed by atoms with Gasteiger partial charge in [0.2, 0.25) is 0 Å². The summed E-state index contributed by atoms with van der Waals surface area (Å²) in [4.78, 5) is 9.34. The van der Waals surface area contributed by atoms with Crippen LogP contribution in [0.4, 0.5) is 0 Å². The number of pyridine rings is 1. The Kier molecular flexibility index (Phi) is 5.14. The van der Waals surface area contributed by atoms with Crippen molar-refractivity contribution in [3.05, 3.63) is 24.2 Å². The van der Waals surface area contributed by atoms with E-state index in [-0.39, 0.29) is 0 Å². The van der Waals surface area contributed by atoms with E-state index in [0.29, 0.717) is 5.25 Å². The first-order valence-corrected chi connectivity index (χ1v) is 8.84. The number of hydrogen-bond donors (Lipinski definition) is 0. The number of rotatable bonds is 6. The van der Waals surface area contributed by atoms with E-state index in [1.165, 1.54) is 25.0 Å². The van der Waals surface area contributed by atoms with Gasteiger partial charge in [-0.15, -0.1) is 0 Å². The van der Waals surface area contributed by atoms with Crippen LogP contribution in [0.3, 0.4) is 0 Å². The number of fused-ring (bicyclic) bond motifs is 1. The van der Waals surface area contributed by atoms with Gasteiger partial charge in [0.1, 0.15) is 11.3 Å². The molecule has 114 valence electrons. The third-order valence-electron chi connectivity index (χ3n) is 3.99. The minimum atomic E-state index is 0.708. The fraction of sp³-hybridized carbons (Fsp3) is 0.625. The molecule has 0 aliphatic carbocycles. The maximum absolute atomic E-state index is 5.17. The van der Waals surface area contributed by atoms with Gasteiger partial charge in [0.15, 0.2) is 5.65 Å². The molecule has 0 amide bonds. The van der Waals surface area contributed by atoms with Crippen LogP contribution in [0.5, 0.6) is 0 Å². The molecule has 2 aromatic heterocycles. The molecule has 1 fully saturated rings. The summed E-state index contributed by atoms with van der Waals surface area (Å²) < 4.78 is 7.51. The van der Waals surface area contributed by atoms with Gasteiger partial charge in [-0.3, -0.25) is 0 Å². The summed E-state index contributed by atoms with van der Waals surface area (Å²) in [7, 11) is 1.75. The summed E-state index contributed by atoms with van der Waals surface area (Å²) in [5, 5.41) is 0.708. The molecular weight excluding hydrogens is 282 g/mol. The highest BCUT2D eigenvalue weighted by Crippen LogP contribution is 2.28. The van der Waals surface area contributed by atoms with Crippen molar-refractivity contribution in [2.45, 2.75) is 43.9 Å². The van der Waals surface area contributed by atoms with Crippen molar-refractivity contribution in [2.75, 3.05) is 19.5 Å². The molecule has 0 spiro atoms. The van der Waals surface area contributed by atoms with Crippen LogP contribution in [-0.4, -0.2) is 39.3 Å². The number of ether oxygens (including phenoxy) is 1. The van der Waals surface area contributed by atoms with E-state index in [1.807, 2.05) is 12.3 Å². The van der Waals surface area contributed by atoms with Crippen LogP contribution in [0.15, 0.2) is 18.3 Å². The van der Waals surface area contributed by atoms with Crippen LogP contribution >= 0.6 is 11.8 Å². The fourth-order valence-electron chi connectivity index (χ4n) is 2.92. The summed E-state index contributed by atoms with van der Waals surface area (Å²) >= 11 is 2.11. The minimum absolute atomic E-state index is 0.708. The Morgan fingerprint density at radius 1 is 1.43 bits per heavy atom. The number of hydrogen-bond acceptors (Lipinski definition) is 4. The third-order valence-corrected chi connectivity index (χ3v) is 5.37. The maximum Gasteiger partial charge on any atom is 0.160 e. The van der Waals surface area contributed by atoms with Crippen molar-refractivity contribution in [3.63, 3.8) is 0 Å².